The first-order chi connectivity index (χ1) is 21.3. The highest BCUT2D eigenvalue weighted by Crippen LogP contribution is 2.40. The van der Waals surface area contributed by atoms with Crippen LogP contribution in [0.1, 0.15) is 41.8 Å². The second-order valence-corrected chi connectivity index (χ2v) is 11.1. The number of benzene rings is 1. The third kappa shape index (κ3) is 6.48. The minimum atomic E-state index is -5.04. The van der Waals surface area contributed by atoms with Gasteiger partial charge in [0.05, 0.1) is 41.9 Å². The van der Waals surface area contributed by atoms with Crippen molar-refractivity contribution in [3.8, 4) is 5.75 Å². The number of carbonyl (C=O) groups excluding carboxylic acids is 1. The molecule has 2 aliphatic rings. The molecule has 3 aromatic rings. The normalized spacial score (nSPS) is 19.4. The summed E-state index contributed by atoms with van der Waals surface area (Å²) in [5, 5.41) is 2.29. The molecule has 4 heterocycles. The first-order valence-corrected chi connectivity index (χ1v) is 14.2. The summed E-state index contributed by atoms with van der Waals surface area (Å²) < 4.78 is 78.7. The van der Waals surface area contributed by atoms with Crippen LogP contribution in [0.5, 0.6) is 5.75 Å². The van der Waals surface area contributed by atoms with Gasteiger partial charge in [-0.3, -0.25) is 14.5 Å². The maximum atomic E-state index is 16.5. The van der Waals surface area contributed by atoms with Crippen LogP contribution in [0.2, 0.25) is 0 Å². The molecule has 2 unspecified atom stereocenters. The van der Waals surface area contributed by atoms with Gasteiger partial charge in [-0.1, -0.05) is 6.08 Å². The van der Waals surface area contributed by atoms with Crippen LogP contribution in [-0.2, 0) is 6.18 Å². The standard InChI is InChI=1S/C30H32F5N7O3/c1-16-14-42(15-17(2)40(16)3)23-10-22(31)25(18-5-7-41(8-6-18)29-37-11-19(45-4)12-38-29)26(32)27(23)39-28(44)20-13-36-24(43)9-21(20)30(33,34)35/h5,9-13,16-17H,6-8,14-15H2,1-4H3,(H,36,43)(H,39,44). The van der Waals surface area contributed by atoms with Crippen molar-refractivity contribution >= 4 is 28.8 Å². The molecular weight excluding hydrogens is 601 g/mol. The molecule has 240 valence electrons. The molecule has 0 saturated carbocycles. The minimum Gasteiger partial charge on any atom is -0.494 e. The molecule has 15 heteroatoms. The van der Waals surface area contributed by atoms with E-state index in [9.17, 15) is 22.8 Å². The molecule has 45 heavy (non-hydrogen) atoms. The second-order valence-electron chi connectivity index (χ2n) is 11.1. The Morgan fingerprint density at radius 3 is 2.33 bits per heavy atom. The van der Waals surface area contributed by atoms with E-state index in [4.69, 9.17) is 4.74 Å². The summed E-state index contributed by atoms with van der Waals surface area (Å²) in [5.41, 5.74) is -3.99. The van der Waals surface area contributed by atoms with Crippen molar-refractivity contribution in [1.29, 1.82) is 0 Å². The van der Waals surface area contributed by atoms with Gasteiger partial charge in [0.15, 0.2) is 11.6 Å². The zero-order valence-electron chi connectivity index (χ0n) is 25.0. The Labute approximate surface area is 255 Å². The minimum absolute atomic E-state index is 0.00319. The molecule has 2 aliphatic heterocycles. The van der Waals surface area contributed by atoms with Gasteiger partial charge in [0.2, 0.25) is 11.5 Å². The summed E-state index contributed by atoms with van der Waals surface area (Å²) in [6.45, 7) is 5.10. The fraction of sp³-hybridized carbons (Fsp3) is 0.400. The van der Waals surface area contributed by atoms with Crippen molar-refractivity contribution in [3.05, 3.63) is 75.5 Å². The number of piperazine rings is 1. The van der Waals surface area contributed by atoms with Gasteiger partial charge in [0.1, 0.15) is 11.5 Å². The maximum Gasteiger partial charge on any atom is 0.417 e. The third-order valence-electron chi connectivity index (χ3n) is 8.27. The number of methoxy groups -OCH3 is 1. The van der Waals surface area contributed by atoms with E-state index in [1.165, 1.54) is 19.5 Å². The Kier molecular flexibility index (Phi) is 8.83. The molecule has 0 radical (unpaired) electrons. The number of halogens is 5. The Morgan fingerprint density at radius 1 is 1.09 bits per heavy atom. The number of hydrogen-bond donors (Lipinski definition) is 2. The first-order valence-electron chi connectivity index (χ1n) is 14.2. The Bertz CT molecular complexity index is 1660. The highest BCUT2D eigenvalue weighted by atomic mass is 19.4. The average molecular weight is 634 g/mol. The highest BCUT2D eigenvalue weighted by molar-refractivity contribution is 6.07. The molecular formula is C30H32F5N7O3. The Balaban J connectivity index is 1.55. The van der Waals surface area contributed by atoms with Gasteiger partial charge in [-0.2, -0.15) is 13.2 Å². The molecule has 1 amide bonds. The monoisotopic (exact) mass is 633 g/mol. The number of rotatable bonds is 6. The topological polar surface area (TPSA) is 107 Å². The Morgan fingerprint density at radius 2 is 1.76 bits per heavy atom. The lowest BCUT2D eigenvalue weighted by Crippen LogP contribution is -2.55. The number of aromatic amines is 1. The number of nitrogens with one attached hydrogen (secondary N) is 2. The Hall–Kier alpha value is -4.53. The predicted octanol–water partition coefficient (Wildman–Crippen LogP) is 4.55. The quantitative estimate of drug-likeness (QED) is 0.381. The molecule has 2 N–H and O–H groups in total. The molecule has 5 rings (SSSR count). The molecule has 1 saturated heterocycles. The fourth-order valence-corrected chi connectivity index (χ4v) is 5.60. The van der Waals surface area contributed by atoms with Gasteiger partial charge in [-0.05, 0) is 32.9 Å². The van der Waals surface area contributed by atoms with Gasteiger partial charge in [-0.15, -0.1) is 0 Å². The number of pyridine rings is 1. The summed E-state index contributed by atoms with van der Waals surface area (Å²) in [6.07, 6.45) is 0.402. The number of carbonyl (C=O) groups is 1. The van der Waals surface area contributed by atoms with Crippen LogP contribution < -0.4 is 25.4 Å². The number of H-pyrrole nitrogens is 1. The molecule has 2 atom stereocenters. The molecule has 0 aliphatic carbocycles. The van der Waals surface area contributed by atoms with Crippen molar-refractivity contribution in [2.45, 2.75) is 38.5 Å². The summed E-state index contributed by atoms with van der Waals surface area (Å²) in [6, 6.07) is 1.30. The zero-order valence-corrected chi connectivity index (χ0v) is 25.0. The number of amides is 1. The van der Waals surface area contributed by atoms with Crippen LogP contribution in [0.4, 0.5) is 39.3 Å². The summed E-state index contributed by atoms with van der Waals surface area (Å²) in [4.78, 5) is 41.1. The summed E-state index contributed by atoms with van der Waals surface area (Å²) in [5.74, 6) is -2.43. The van der Waals surface area contributed by atoms with E-state index in [-0.39, 0.29) is 36.8 Å². The van der Waals surface area contributed by atoms with Crippen LogP contribution in [0.3, 0.4) is 0 Å². The SMILES string of the molecule is COc1cnc(N2CC=C(c3c(F)cc(N4CC(C)N(C)C(C)C4)c(NC(=O)c4c[nH]c(=O)cc4C(F)(F)F)c3F)CC2)nc1. The zero-order chi connectivity index (χ0) is 32.6. The van der Waals surface area contributed by atoms with E-state index >= 15 is 8.78 Å². The molecule has 1 aromatic carbocycles. The van der Waals surface area contributed by atoms with Crippen molar-refractivity contribution in [3.63, 3.8) is 0 Å². The number of likely N-dealkylation sites (N-methyl/N-ethyl adjacent to an activating group) is 1. The number of nitrogens with zero attached hydrogens (tertiary/aromatic N) is 5. The van der Waals surface area contributed by atoms with Crippen LogP contribution in [0, 0.1) is 11.6 Å². The van der Waals surface area contributed by atoms with Gasteiger partial charge in [0, 0.05) is 56.6 Å². The van der Waals surface area contributed by atoms with E-state index in [1.54, 1.807) is 15.9 Å². The number of ether oxygens (including phenoxy) is 1. The molecule has 10 nitrogen and oxygen atoms in total. The van der Waals surface area contributed by atoms with Crippen molar-refractivity contribution < 1.29 is 31.5 Å². The van der Waals surface area contributed by atoms with Gasteiger partial charge < -0.3 is 24.8 Å². The lowest BCUT2D eigenvalue weighted by molar-refractivity contribution is -0.138. The maximum absolute atomic E-state index is 16.5. The van der Waals surface area contributed by atoms with Gasteiger partial charge in [0.25, 0.3) is 5.91 Å². The van der Waals surface area contributed by atoms with E-state index in [0.717, 1.165) is 6.07 Å². The van der Waals surface area contributed by atoms with Gasteiger partial charge in [-0.25, -0.2) is 18.7 Å². The predicted molar refractivity (Wildman–Crippen MR) is 159 cm³/mol. The smallest absolute Gasteiger partial charge is 0.417 e. The largest absolute Gasteiger partial charge is 0.494 e. The number of alkyl halides is 3. The first kappa shape index (κ1) is 31.9. The van der Waals surface area contributed by atoms with Gasteiger partial charge >= 0.3 is 6.18 Å². The summed E-state index contributed by atoms with van der Waals surface area (Å²) in [7, 11) is 3.41. The van der Waals surface area contributed by atoms with Crippen molar-refractivity contribution in [2.24, 2.45) is 0 Å². The van der Waals surface area contributed by atoms with Crippen LogP contribution in [0.15, 0.2) is 41.6 Å². The number of hydrogen-bond acceptors (Lipinski definition) is 8. The highest BCUT2D eigenvalue weighted by Gasteiger charge is 2.37. The van der Waals surface area contributed by atoms with Crippen LogP contribution >= 0.6 is 0 Å². The fourth-order valence-electron chi connectivity index (χ4n) is 5.60. The van der Waals surface area contributed by atoms with E-state index in [0.29, 0.717) is 43.1 Å². The molecule has 2 aromatic heterocycles. The van der Waals surface area contributed by atoms with Crippen LogP contribution in [0.25, 0.3) is 5.57 Å². The average Bonchev–Trinajstić information content (AvgIpc) is 3.00. The van der Waals surface area contributed by atoms with E-state index in [1.807, 2.05) is 20.9 Å². The lowest BCUT2D eigenvalue weighted by Gasteiger charge is -2.44. The number of aromatic nitrogens is 3. The number of anilines is 3. The van der Waals surface area contributed by atoms with E-state index < -0.39 is 51.7 Å². The summed E-state index contributed by atoms with van der Waals surface area (Å²) >= 11 is 0. The van der Waals surface area contributed by atoms with Crippen LogP contribution in [-0.4, -0.2) is 78.2 Å². The molecule has 1 fully saturated rings. The molecule has 0 bridgehead atoms. The van der Waals surface area contributed by atoms with E-state index in [2.05, 4.69) is 25.2 Å². The van der Waals surface area contributed by atoms with Crippen molar-refractivity contribution in [1.82, 2.24) is 19.9 Å². The lowest BCUT2D eigenvalue weighted by atomic mass is 9.96. The van der Waals surface area contributed by atoms with Crippen molar-refractivity contribution in [2.75, 3.05) is 55.5 Å². The molecule has 0 spiro atoms. The third-order valence-corrected chi connectivity index (χ3v) is 8.27. The second kappa shape index (κ2) is 12.5.